The molecule has 4 rings (SSSR count). The van der Waals surface area contributed by atoms with Gasteiger partial charge in [-0.3, -0.25) is 40.5 Å². The number of nitrogens with zero attached hydrogens (tertiary/aromatic N) is 5. The van der Waals surface area contributed by atoms with Gasteiger partial charge >= 0.3 is 0 Å². The zero-order valence-corrected chi connectivity index (χ0v) is 15.7. The third-order valence-electron chi connectivity index (χ3n) is 4.81. The predicted molar refractivity (Wildman–Crippen MR) is 110 cm³/mol. The van der Waals surface area contributed by atoms with Gasteiger partial charge in [0.2, 0.25) is 0 Å². The van der Waals surface area contributed by atoms with Crippen LogP contribution in [-0.2, 0) is 0 Å². The summed E-state index contributed by atoms with van der Waals surface area (Å²) < 4.78 is 0. The monoisotopic (exact) mass is 435 g/mol. The van der Waals surface area contributed by atoms with E-state index in [1.165, 1.54) is 30.3 Å². The second kappa shape index (κ2) is 7.32. The van der Waals surface area contributed by atoms with Gasteiger partial charge in [0.05, 0.1) is 37.0 Å². The zero-order valence-electron chi connectivity index (χ0n) is 15.7. The normalized spacial score (nSPS) is 12.8. The van der Waals surface area contributed by atoms with Gasteiger partial charge in [-0.2, -0.15) is 0 Å². The van der Waals surface area contributed by atoms with Gasteiger partial charge in [-0.1, -0.05) is 12.1 Å². The molecular formula is C19H9N5O8. The van der Waals surface area contributed by atoms with Crippen molar-refractivity contribution in [3.8, 4) is 11.1 Å². The van der Waals surface area contributed by atoms with Crippen LogP contribution in [0, 0.1) is 40.5 Å². The summed E-state index contributed by atoms with van der Waals surface area (Å²) in [4.78, 5) is 47.0. The lowest BCUT2D eigenvalue weighted by Crippen LogP contribution is -2.02. The van der Waals surface area contributed by atoms with Crippen molar-refractivity contribution in [1.82, 2.24) is 0 Å². The highest BCUT2D eigenvalue weighted by Gasteiger charge is 2.36. The van der Waals surface area contributed by atoms with Gasteiger partial charge in [0.15, 0.2) is 0 Å². The number of aliphatic imine (C=N–C) groups is 1. The highest BCUT2D eigenvalue weighted by atomic mass is 16.6. The molecule has 32 heavy (non-hydrogen) atoms. The molecule has 0 N–H and O–H groups in total. The topological polar surface area (TPSA) is 185 Å². The molecule has 3 aromatic carbocycles. The van der Waals surface area contributed by atoms with E-state index in [-0.39, 0.29) is 45.0 Å². The van der Waals surface area contributed by atoms with E-state index in [0.29, 0.717) is 0 Å². The number of nitro groups is 4. The summed E-state index contributed by atoms with van der Waals surface area (Å²) in [7, 11) is 0. The Kier molecular flexibility index (Phi) is 4.62. The van der Waals surface area contributed by atoms with Crippen LogP contribution in [0.5, 0.6) is 0 Å². The number of hydrogen-bond donors (Lipinski definition) is 0. The summed E-state index contributed by atoms with van der Waals surface area (Å²) in [6.07, 6.45) is 0. The van der Waals surface area contributed by atoms with E-state index in [0.717, 1.165) is 24.3 Å². The second-order valence-electron chi connectivity index (χ2n) is 6.59. The molecule has 0 atom stereocenters. The van der Waals surface area contributed by atoms with Gasteiger partial charge in [0.1, 0.15) is 5.69 Å². The van der Waals surface area contributed by atoms with Crippen LogP contribution in [-0.4, -0.2) is 25.4 Å². The van der Waals surface area contributed by atoms with Gasteiger partial charge in [-0.25, -0.2) is 4.99 Å². The first kappa shape index (κ1) is 20.2. The smallest absolute Gasteiger partial charge is 0.258 e. The number of hydrogen-bond acceptors (Lipinski definition) is 9. The Morgan fingerprint density at radius 2 is 1.22 bits per heavy atom. The van der Waals surface area contributed by atoms with Gasteiger partial charge in [0.25, 0.3) is 22.7 Å². The van der Waals surface area contributed by atoms with E-state index >= 15 is 0 Å². The predicted octanol–water partition coefficient (Wildman–Crippen LogP) is 4.47. The molecule has 0 heterocycles. The van der Waals surface area contributed by atoms with Crippen molar-refractivity contribution < 1.29 is 19.7 Å². The summed E-state index contributed by atoms with van der Waals surface area (Å²) in [6.45, 7) is 0. The molecule has 1 aliphatic rings. The van der Waals surface area contributed by atoms with Gasteiger partial charge < -0.3 is 0 Å². The maximum Gasteiger partial charge on any atom is 0.294 e. The number of nitro benzene ring substituents is 4. The van der Waals surface area contributed by atoms with E-state index in [4.69, 9.17) is 0 Å². The van der Waals surface area contributed by atoms with E-state index in [9.17, 15) is 40.5 Å². The lowest BCUT2D eigenvalue weighted by atomic mass is 10.0. The second-order valence-corrected chi connectivity index (χ2v) is 6.59. The average Bonchev–Trinajstić information content (AvgIpc) is 3.06. The quantitative estimate of drug-likeness (QED) is 0.324. The third-order valence-corrected chi connectivity index (χ3v) is 4.81. The van der Waals surface area contributed by atoms with E-state index < -0.39 is 31.1 Å². The first-order valence-electron chi connectivity index (χ1n) is 8.77. The van der Waals surface area contributed by atoms with Crippen LogP contribution < -0.4 is 0 Å². The Balaban J connectivity index is 2.11. The first-order chi connectivity index (χ1) is 15.2. The Bertz CT molecular complexity index is 1400. The molecule has 1 aliphatic carbocycles. The largest absolute Gasteiger partial charge is 0.294 e. The minimum atomic E-state index is -0.818. The van der Waals surface area contributed by atoms with Crippen LogP contribution >= 0.6 is 0 Å². The van der Waals surface area contributed by atoms with Crippen LogP contribution in [0.2, 0.25) is 0 Å². The fourth-order valence-corrected chi connectivity index (χ4v) is 3.49. The number of non-ortho nitro benzene ring substituents is 2. The maximum absolute atomic E-state index is 11.7. The molecule has 0 saturated heterocycles. The highest BCUT2D eigenvalue weighted by molar-refractivity contribution is 6.27. The fraction of sp³-hybridized carbons (Fsp3) is 0. The lowest BCUT2D eigenvalue weighted by Gasteiger charge is -2.04. The molecule has 0 amide bonds. The molecule has 3 aromatic rings. The minimum Gasteiger partial charge on any atom is -0.258 e. The highest BCUT2D eigenvalue weighted by Crippen LogP contribution is 2.46. The third kappa shape index (κ3) is 3.19. The molecule has 13 nitrogen and oxygen atoms in total. The van der Waals surface area contributed by atoms with Crippen molar-refractivity contribution in [1.29, 1.82) is 0 Å². The van der Waals surface area contributed by atoms with Crippen molar-refractivity contribution in [2.75, 3.05) is 0 Å². The molecular weight excluding hydrogens is 426 g/mol. The van der Waals surface area contributed by atoms with E-state index in [1.807, 2.05) is 0 Å². The molecule has 158 valence electrons. The average molecular weight is 435 g/mol. The van der Waals surface area contributed by atoms with Crippen molar-refractivity contribution in [3.05, 3.63) is 106 Å². The van der Waals surface area contributed by atoms with Crippen molar-refractivity contribution in [2.45, 2.75) is 0 Å². The van der Waals surface area contributed by atoms with Crippen LogP contribution in [0.3, 0.4) is 0 Å². The molecule has 0 aromatic heterocycles. The summed E-state index contributed by atoms with van der Waals surface area (Å²) in [6, 6.07) is 10.8. The van der Waals surface area contributed by atoms with Crippen molar-refractivity contribution in [2.24, 2.45) is 4.99 Å². The maximum atomic E-state index is 11.7. The zero-order chi connectivity index (χ0) is 23.2. The summed E-state index contributed by atoms with van der Waals surface area (Å²) in [5.74, 6) is 0. The van der Waals surface area contributed by atoms with Crippen LogP contribution in [0.25, 0.3) is 11.1 Å². The summed E-state index contributed by atoms with van der Waals surface area (Å²) >= 11 is 0. The van der Waals surface area contributed by atoms with E-state index in [1.54, 1.807) is 0 Å². The fourth-order valence-electron chi connectivity index (χ4n) is 3.49. The Hall–Kier alpha value is -5.07. The Morgan fingerprint density at radius 1 is 0.594 bits per heavy atom. The van der Waals surface area contributed by atoms with Gasteiger partial charge in [-0.15, -0.1) is 0 Å². The lowest BCUT2D eigenvalue weighted by molar-refractivity contribution is -0.393. The van der Waals surface area contributed by atoms with Crippen molar-refractivity contribution in [3.63, 3.8) is 0 Å². The molecule has 0 unspecified atom stereocenters. The molecule has 0 spiro atoms. The molecule has 0 aliphatic heterocycles. The van der Waals surface area contributed by atoms with Crippen molar-refractivity contribution >= 4 is 34.1 Å². The number of rotatable bonds is 5. The SMILES string of the molecule is O=[N+]([O-])c1ccc2c(c1)/C(=N/c1ccccc1[N+](=O)[O-])c1cc([N+](=O)[O-])cc([N+](=O)[O-])c1-2. The van der Waals surface area contributed by atoms with E-state index in [2.05, 4.69) is 4.99 Å². The van der Waals surface area contributed by atoms with Crippen LogP contribution in [0.15, 0.2) is 59.6 Å². The van der Waals surface area contributed by atoms with Crippen LogP contribution in [0.1, 0.15) is 11.1 Å². The molecule has 0 bridgehead atoms. The molecule has 0 fully saturated rings. The molecule has 13 heteroatoms. The first-order valence-corrected chi connectivity index (χ1v) is 8.77. The number of para-hydroxylation sites is 2. The summed E-state index contributed by atoms with van der Waals surface area (Å²) in [5, 5.41) is 45.7. The Labute approximate surface area is 176 Å². The standard InChI is InChI=1S/C19H9N5O8/c25-21(26)10-5-6-12-13(7-10)19(20-15-3-1-2-4-16(15)23(29)30)14-8-11(22(27)28)9-17(18(12)14)24(31)32/h1-9H/b20-19-. The number of benzene rings is 3. The van der Waals surface area contributed by atoms with Gasteiger partial charge in [0, 0.05) is 35.4 Å². The molecule has 0 radical (unpaired) electrons. The Morgan fingerprint density at radius 3 is 1.84 bits per heavy atom. The summed E-state index contributed by atoms with van der Waals surface area (Å²) in [5.41, 5.74) is -1.84. The minimum absolute atomic E-state index is 0.0113. The molecule has 0 saturated carbocycles. The number of fused-ring (bicyclic) bond motifs is 3. The van der Waals surface area contributed by atoms with Gasteiger partial charge in [-0.05, 0) is 17.7 Å². The van der Waals surface area contributed by atoms with Crippen LogP contribution in [0.4, 0.5) is 28.4 Å².